The average molecular weight is 268 g/mol. The number of nitrogens with zero attached hydrogens (tertiary/aromatic N) is 2. The number of nitrogen functional groups attached to an aromatic ring is 1. The molecule has 0 unspecified atom stereocenters. The van der Waals surface area contributed by atoms with Gasteiger partial charge in [0.25, 0.3) is 0 Å². The number of benzene rings is 1. The van der Waals surface area contributed by atoms with Gasteiger partial charge in [-0.3, -0.25) is 4.72 Å². The molecule has 1 heterocycles. The van der Waals surface area contributed by atoms with E-state index in [0.717, 1.165) is 11.8 Å². The first-order valence-electron chi connectivity index (χ1n) is 5.03. The Morgan fingerprint density at radius 1 is 1.33 bits per heavy atom. The first kappa shape index (κ1) is 12.4. The van der Waals surface area contributed by atoms with Crippen molar-refractivity contribution in [3.8, 4) is 11.5 Å². The minimum Gasteiger partial charge on any atom is -0.404 e. The highest BCUT2D eigenvalue weighted by atomic mass is 32.2. The predicted molar refractivity (Wildman–Crippen MR) is 67.3 cm³/mol. The Bertz CT molecular complexity index is 678. The second-order valence-corrected chi connectivity index (χ2v) is 5.60. The van der Waals surface area contributed by atoms with E-state index in [1.165, 1.54) is 0 Å². The Hall–Kier alpha value is -2.09. The van der Waals surface area contributed by atoms with Gasteiger partial charge in [0.2, 0.25) is 15.9 Å². The molecule has 18 heavy (non-hydrogen) atoms. The molecule has 2 rings (SSSR count). The van der Waals surface area contributed by atoms with Gasteiger partial charge in [-0.25, -0.2) is 8.42 Å². The van der Waals surface area contributed by atoms with Crippen LogP contribution in [0.1, 0.15) is 5.56 Å². The summed E-state index contributed by atoms with van der Waals surface area (Å²) >= 11 is 0. The van der Waals surface area contributed by atoms with E-state index in [0.29, 0.717) is 11.3 Å². The summed E-state index contributed by atoms with van der Waals surface area (Å²) in [5.74, 6) is 0.252. The number of aryl methyl sites for hydroxylation is 1. The molecule has 0 saturated carbocycles. The lowest BCUT2D eigenvalue weighted by Crippen LogP contribution is -2.09. The predicted octanol–water partition coefficient (Wildman–Crippen LogP) is 0.999. The summed E-state index contributed by atoms with van der Waals surface area (Å²) in [6.07, 6.45) is 1.08. The Morgan fingerprint density at radius 3 is 2.61 bits per heavy atom. The highest BCUT2D eigenvalue weighted by Crippen LogP contribution is 2.26. The lowest BCUT2D eigenvalue weighted by molar-refractivity contribution is 0.589. The fourth-order valence-electron chi connectivity index (χ4n) is 1.47. The van der Waals surface area contributed by atoms with E-state index in [1.807, 2.05) is 6.92 Å². The van der Waals surface area contributed by atoms with Crippen molar-refractivity contribution in [3.63, 3.8) is 0 Å². The zero-order chi connectivity index (χ0) is 13.3. The molecule has 0 radical (unpaired) electrons. The monoisotopic (exact) mass is 268 g/mol. The molecule has 0 fully saturated rings. The summed E-state index contributed by atoms with van der Waals surface area (Å²) in [7, 11) is -3.33. The van der Waals surface area contributed by atoms with Crippen molar-refractivity contribution in [3.05, 3.63) is 23.8 Å². The van der Waals surface area contributed by atoms with Crippen LogP contribution in [0, 0.1) is 6.92 Å². The summed E-state index contributed by atoms with van der Waals surface area (Å²) < 4.78 is 29.8. The van der Waals surface area contributed by atoms with Crippen LogP contribution in [-0.4, -0.2) is 24.9 Å². The van der Waals surface area contributed by atoms with Gasteiger partial charge in [0.05, 0.1) is 6.26 Å². The van der Waals surface area contributed by atoms with E-state index in [-0.39, 0.29) is 11.9 Å². The second kappa shape index (κ2) is 4.30. The zero-order valence-electron chi connectivity index (χ0n) is 9.84. The molecule has 0 amide bonds. The molecular weight excluding hydrogens is 256 g/mol. The van der Waals surface area contributed by atoms with Crippen molar-refractivity contribution in [1.82, 2.24) is 10.2 Å². The highest BCUT2D eigenvalue weighted by Gasteiger charge is 2.11. The topological polar surface area (TPSA) is 111 Å². The summed E-state index contributed by atoms with van der Waals surface area (Å²) in [6.45, 7) is 1.85. The van der Waals surface area contributed by atoms with Crippen molar-refractivity contribution in [2.45, 2.75) is 6.92 Å². The lowest BCUT2D eigenvalue weighted by atomic mass is 10.1. The zero-order valence-corrected chi connectivity index (χ0v) is 10.7. The number of anilines is 2. The number of aromatic nitrogens is 2. The number of rotatable bonds is 3. The summed E-state index contributed by atoms with van der Waals surface area (Å²) in [5, 5.41) is 7.33. The molecule has 0 aliphatic rings. The van der Waals surface area contributed by atoms with Gasteiger partial charge in [0.15, 0.2) is 0 Å². The molecule has 2 aromatic rings. The van der Waals surface area contributed by atoms with E-state index in [9.17, 15) is 8.42 Å². The SMILES string of the molecule is Cc1ccc(NS(C)(=O)=O)cc1-c1nnc(N)o1. The molecule has 96 valence electrons. The smallest absolute Gasteiger partial charge is 0.313 e. The maximum absolute atomic E-state index is 11.2. The van der Waals surface area contributed by atoms with Crippen LogP contribution >= 0.6 is 0 Å². The number of sulfonamides is 1. The van der Waals surface area contributed by atoms with E-state index in [1.54, 1.807) is 18.2 Å². The van der Waals surface area contributed by atoms with E-state index in [4.69, 9.17) is 10.2 Å². The van der Waals surface area contributed by atoms with Gasteiger partial charge in [-0.2, -0.15) is 0 Å². The second-order valence-electron chi connectivity index (χ2n) is 3.85. The number of nitrogens with one attached hydrogen (secondary N) is 1. The molecular formula is C10H12N4O3S. The quantitative estimate of drug-likeness (QED) is 0.859. The van der Waals surface area contributed by atoms with Crippen LogP contribution in [0.2, 0.25) is 0 Å². The van der Waals surface area contributed by atoms with Crippen molar-refractivity contribution in [1.29, 1.82) is 0 Å². The van der Waals surface area contributed by atoms with Gasteiger partial charge in [-0.05, 0) is 24.6 Å². The van der Waals surface area contributed by atoms with Gasteiger partial charge < -0.3 is 10.2 Å². The van der Waals surface area contributed by atoms with Crippen LogP contribution in [0.4, 0.5) is 11.7 Å². The van der Waals surface area contributed by atoms with E-state index >= 15 is 0 Å². The first-order chi connectivity index (χ1) is 8.35. The third-order valence-corrected chi connectivity index (χ3v) is 2.82. The molecule has 7 nitrogen and oxygen atoms in total. The Kier molecular flexibility index (Phi) is 2.95. The molecule has 0 aliphatic heterocycles. The highest BCUT2D eigenvalue weighted by molar-refractivity contribution is 7.92. The summed E-state index contributed by atoms with van der Waals surface area (Å²) in [5.41, 5.74) is 7.28. The third kappa shape index (κ3) is 2.77. The maximum atomic E-state index is 11.2. The van der Waals surface area contributed by atoms with Gasteiger partial charge in [-0.15, -0.1) is 5.10 Å². The van der Waals surface area contributed by atoms with Crippen molar-refractivity contribution in [2.75, 3.05) is 16.7 Å². The third-order valence-electron chi connectivity index (χ3n) is 2.21. The van der Waals surface area contributed by atoms with Crippen LogP contribution in [0.5, 0.6) is 0 Å². The number of hydrogen-bond donors (Lipinski definition) is 2. The molecule has 1 aromatic heterocycles. The van der Waals surface area contributed by atoms with Crippen molar-refractivity contribution in [2.24, 2.45) is 0 Å². The Morgan fingerprint density at radius 2 is 2.06 bits per heavy atom. The molecule has 0 saturated heterocycles. The molecule has 1 aromatic carbocycles. The molecule has 0 bridgehead atoms. The number of nitrogens with two attached hydrogens (primary N) is 1. The maximum Gasteiger partial charge on any atom is 0.313 e. The molecule has 0 atom stereocenters. The van der Waals surface area contributed by atoms with Crippen LogP contribution in [0.25, 0.3) is 11.5 Å². The largest absolute Gasteiger partial charge is 0.404 e. The fraction of sp³-hybridized carbons (Fsp3) is 0.200. The molecule has 0 aliphatic carbocycles. The minimum absolute atomic E-state index is 0.0362. The van der Waals surface area contributed by atoms with Crippen molar-refractivity contribution >= 4 is 21.7 Å². The summed E-state index contributed by atoms with van der Waals surface area (Å²) in [6, 6.07) is 4.98. The summed E-state index contributed by atoms with van der Waals surface area (Å²) in [4.78, 5) is 0. The Labute approximate surface area is 104 Å². The molecule has 3 N–H and O–H groups in total. The first-order valence-corrected chi connectivity index (χ1v) is 6.92. The normalized spacial score (nSPS) is 11.4. The van der Waals surface area contributed by atoms with E-state index < -0.39 is 10.0 Å². The van der Waals surface area contributed by atoms with Crippen LogP contribution in [0.3, 0.4) is 0 Å². The lowest BCUT2D eigenvalue weighted by Gasteiger charge is -2.07. The van der Waals surface area contributed by atoms with Gasteiger partial charge in [0.1, 0.15) is 0 Å². The number of hydrogen-bond acceptors (Lipinski definition) is 6. The molecule has 0 spiro atoms. The minimum atomic E-state index is -3.33. The average Bonchev–Trinajstić information content (AvgIpc) is 2.66. The van der Waals surface area contributed by atoms with Gasteiger partial charge >= 0.3 is 6.01 Å². The van der Waals surface area contributed by atoms with Crippen LogP contribution < -0.4 is 10.5 Å². The Balaban J connectivity index is 2.45. The van der Waals surface area contributed by atoms with Gasteiger partial charge in [0, 0.05) is 11.3 Å². The molecule has 8 heteroatoms. The van der Waals surface area contributed by atoms with Crippen LogP contribution in [-0.2, 0) is 10.0 Å². The van der Waals surface area contributed by atoms with Crippen LogP contribution in [0.15, 0.2) is 22.6 Å². The standard InChI is InChI=1S/C10H12N4O3S/c1-6-3-4-7(14-18(2,15)16)5-8(6)9-12-13-10(11)17-9/h3-5,14H,1-2H3,(H2,11,13). The van der Waals surface area contributed by atoms with E-state index in [2.05, 4.69) is 14.9 Å². The van der Waals surface area contributed by atoms with Crippen molar-refractivity contribution < 1.29 is 12.8 Å². The van der Waals surface area contributed by atoms with Gasteiger partial charge in [-0.1, -0.05) is 11.2 Å². The fourth-order valence-corrected chi connectivity index (χ4v) is 2.03.